The molecule has 10 atom stereocenters. The van der Waals surface area contributed by atoms with Crippen molar-refractivity contribution in [2.75, 3.05) is 0 Å². The molecule has 32 heavy (non-hydrogen) atoms. The van der Waals surface area contributed by atoms with E-state index < -0.39 is 0 Å². The normalized spacial score (nSPS) is 44.8. The van der Waals surface area contributed by atoms with Crippen LogP contribution in [0.2, 0.25) is 0 Å². The van der Waals surface area contributed by atoms with Crippen molar-refractivity contribution in [3.05, 3.63) is 11.6 Å². The van der Waals surface area contributed by atoms with E-state index in [4.69, 9.17) is 0 Å². The lowest BCUT2D eigenvalue weighted by Crippen LogP contribution is -2.51. The summed E-state index contributed by atoms with van der Waals surface area (Å²) in [6.07, 6.45) is 12.7. The van der Waals surface area contributed by atoms with Gasteiger partial charge >= 0.3 is 0 Å². The molecule has 0 aromatic carbocycles. The number of aliphatic hydroxyl groups excluding tert-OH is 1. The van der Waals surface area contributed by atoms with Crippen LogP contribution in [0.5, 0.6) is 0 Å². The van der Waals surface area contributed by atoms with Crippen LogP contribution < -0.4 is 0 Å². The summed E-state index contributed by atoms with van der Waals surface area (Å²) >= 11 is 0. The smallest absolute Gasteiger partial charge is 0.0577 e. The predicted molar refractivity (Wildman–Crippen MR) is 137 cm³/mol. The van der Waals surface area contributed by atoms with Gasteiger partial charge in [-0.15, -0.1) is 0 Å². The quantitative estimate of drug-likeness (QED) is 0.423. The minimum Gasteiger partial charge on any atom is -0.393 e. The Labute approximate surface area is 200 Å². The molecule has 1 N–H and O–H groups in total. The van der Waals surface area contributed by atoms with Crippen molar-refractivity contribution < 1.29 is 5.11 Å². The van der Waals surface area contributed by atoms with Gasteiger partial charge in [0.15, 0.2) is 0 Å². The van der Waals surface area contributed by atoms with Crippen LogP contribution in [-0.4, -0.2) is 11.2 Å². The van der Waals surface area contributed by atoms with Crippen LogP contribution in [0, 0.1) is 63.6 Å². The van der Waals surface area contributed by atoms with E-state index in [1.807, 2.05) is 0 Å². The lowest BCUT2D eigenvalue weighted by Gasteiger charge is -2.59. The summed E-state index contributed by atoms with van der Waals surface area (Å²) < 4.78 is 0. The Balaban J connectivity index is 1.55. The molecular formula is C31H54O. The maximum Gasteiger partial charge on any atom is 0.0577 e. The third kappa shape index (κ3) is 3.67. The van der Waals surface area contributed by atoms with Gasteiger partial charge in [-0.05, 0) is 115 Å². The summed E-state index contributed by atoms with van der Waals surface area (Å²) in [5.41, 5.74) is 2.90. The minimum absolute atomic E-state index is 0.0884. The summed E-state index contributed by atoms with van der Waals surface area (Å²) in [4.78, 5) is 0. The number of fused-ring (bicyclic) bond motifs is 5. The Morgan fingerprint density at radius 2 is 1.59 bits per heavy atom. The molecule has 0 aromatic rings. The molecule has 0 amide bonds. The largest absolute Gasteiger partial charge is 0.393 e. The fourth-order valence-corrected chi connectivity index (χ4v) is 9.85. The molecule has 1 heteroatoms. The van der Waals surface area contributed by atoms with Crippen LogP contribution in [0.1, 0.15) is 114 Å². The van der Waals surface area contributed by atoms with Crippen LogP contribution in [-0.2, 0) is 0 Å². The van der Waals surface area contributed by atoms with Gasteiger partial charge in [-0.1, -0.05) is 74.0 Å². The monoisotopic (exact) mass is 442 g/mol. The van der Waals surface area contributed by atoms with E-state index in [0.717, 1.165) is 60.2 Å². The first-order valence-corrected chi connectivity index (χ1v) is 14.2. The molecular weight excluding hydrogens is 388 g/mol. The van der Waals surface area contributed by atoms with Crippen molar-refractivity contribution >= 4 is 0 Å². The highest BCUT2D eigenvalue weighted by Crippen LogP contribution is 2.68. The zero-order chi connectivity index (χ0) is 23.6. The number of rotatable bonds is 5. The molecule has 0 spiro atoms. The van der Waals surface area contributed by atoms with Gasteiger partial charge in [-0.3, -0.25) is 0 Å². The second-order valence-corrected chi connectivity index (χ2v) is 14.4. The highest BCUT2D eigenvalue weighted by Gasteiger charge is 2.60. The number of hydrogen-bond acceptors (Lipinski definition) is 1. The lowest BCUT2D eigenvalue weighted by molar-refractivity contribution is -0.0685. The van der Waals surface area contributed by atoms with E-state index >= 15 is 0 Å². The molecule has 4 aliphatic carbocycles. The Bertz CT molecular complexity index is 718. The van der Waals surface area contributed by atoms with Gasteiger partial charge in [0, 0.05) is 0 Å². The van der Waals surface area contributed by atoms with E-state index in [2.05, 4.69) is 68.4 Å². The second kappa shape index (κ2) is 8.42. The standard InChI is InChI=1S/C31H54O/c1-19(2)21(4)29(6,7)22(5)20(3)26-12-13-27-25-11-10-23-18-24(32)14-16-30(23,8)28(25)15-17-31(26,27)9/h10,19-22,24-28,32H,11-18H2,1-9H3/t20-,21-,22-,24+,25+,26-,27+,28+,30+,31-/m1/s1. The summed E-state index contributed by atoms with van der Waals surface area (Å²) in [6.45, 7) is 22.9. The zero-order valence-corrected chi connectivity index (χ0v) is 22.9. The summed E-state index contributed by atoms with van der Waals surface area (Å²) in [7, 11) is 0. The first kappa shape index (κ1) is 24.8. The van der Waals surface area contributed by atoms with Gasteiger partial charge in [0.25, 0.3) is 0 Å². The maximum absolute atomic E-state index is 10.3. The van der Waals surface area contributed by atoms with Gasteiger partial charge in [0.05, 0.1) is 6.10 Å². The third-order valence-corrected chi connectivity index (χ3v) is 12.9. The maximum atomic E-state index is 10.3. The zero-order valence-electron chi connectivity index (χ0n) is 22.9. The number of hydrogen-bond donors (Lipinski definition) is 1. The van der Waals surface area contributed by atoms with Gasteiger partial charge in [0.1, 0.15) is 0 Å². The molecule has 0 aliphatic heterocycles. The molecule has 1 nitrogen and oxygen atoms in total. The van der Waals surface area contributed by atoms with Crippen molar-refractivity contribution in [3.63, 3.8) is 0 Å². The lowest BCUT2D eigenvalue weighted by atomic mass is 9.46. The predicted octanol–water partition coefficient (Wildman–Crippen LogP) is 8.52. The third-order valence-electron chi connectivity index (χ3n) is 12.9. The van der Waals surface area contributed by atoms with Crippen molar-refractivity contribution in [3.8, 4) is 0 Å². The molecule has 4 rings (SSSR count). The van der Waals surface area contributed by atoms with Crippen molar-refractivity contribution in [1.29, 1.82) is 0 Å². The number of aliphatic hydroxyl groups is 1. The molecule has 0 unspecified atom stereocenters. The SMILES string of the molecule is CC(C)[C@@H](C)C(C)(C)[C@H](C)[C@@H](C)[C@H]1CC[C@H]2[C@@H]3CC=C4C[C@@H](O)CC[C@]4(C)[C@H]3CC[C@]12C. The van der Waals surface area contributed by atoms with E-state index in [-0.39, 0.29) is 6.10 Å². The topological polar surface area (TPSA) is 20.2 Å². The Morgan fingerprint density at radius 3 is 2.25 bits per heavy atom. The Kier molecular flexibility index (Phi) is 6.53. The average molecular weight is 443 g/mol. The van der Waals surface area contributed by atoms with E-state index in [9.17, 15) is 5.11 Å². The van der Waals surface area contributed by atoms with Crippen LogP contribution in [0.15, 0.2) is 11.6 Å². The molecule has 0 saturated heterocycles. The second-order valence-electron chi connectivity index (χ2n) is 14.4. The minimum atomic E-state index is -0.0884. The molecule has 0 aromatic heterocycles. The molecule has 0 heterocycles. The molecule has 4 aliphatic rings. The molecule has 3 fully saturated rings. The average Bonchev–Trinajstić information content (AvgIpc) is 3.09. The van der Waals surface area contributed by atoms with Gasteiger partial charge in [0.2, 0.25) is 0 Å². The van der Waals surface area contributed by atoms with E-state index in [0.29, 0.717) is 16.2 Å². The number of allylic oxidation sites excluding steroid dienone is 1. The summed E-state index contributed by atoms with van der Waals surface area (Å²) in [6, 6.07) is 0. The highest BCUT2D eigenvalue weighted by atomic mass is 16.3. The van der Waals surface area contributed by atoms with Crippen molar-refractivity contribution in [2.24, 2.45) is 63.6 Å². The van der Waals surface area contributed by atoms with Gasteiger partial charge in [-0.25, -0.2) is 0 Å². The van der Waals surface area contributed by atoms with Crippen LogP contribution in [0.3, 0.4) is 0 Å². The highest BCUT2D eigenvalue weighted by molar-refractivity contribution is 5.25. The summed E-state index contributed by atoms with van der Waals surface area (Å²) in [5, 5.41) is 10.3. The molecule has 0 radical (unpaired) electrons. The Hall–Kier alpha value is -0.300. The Morgan fingerprint density at radius 1 is 0.906 bits per heavy atom. The fraction of sp³-hybridized carbons (Fsp3) is 0.935. The first-order chi connectivity index (χ1) is 14.8. The van der Waals surface area contributed by atoms with E-state index in [1.54, 1.807) is 5.57 Å². The summed E-state index contributed by atoms with van der Waals surface area (Å²) in [5.74, 6) is 6.59. The van der Waals surface area contributed by atoms with Gasteiger partial charge < -0.3 is 5.11 Å². The first-order valence-electron chi connectivity index (χ1n) is 14.2. The van der Waals surface area contributed by atoms with Crippen LogP contribution in [0.25, 0.3) is 0 Å². The molecule has 184 valence electrons. The van der Waals surface area contributed by atoms with Crippen LogP contribution in [0.4, 0.5) is 0 Å². The molecule has 3 saturated carbocycles. The van der Waals surface area contributed by atoms with Crippen molar-refractivity contribution in [1.82, 2.24) is 0 Å². The van der Waals surface area contributed by atoms with Crippen LogP contribution >= 0.6 is 0 Å². The fourth-order valence-electron chi connectivity index (χ4n) is 9.85. The van der Waals surface area contributed by atoms with Gasteiger partial charge in [-0.2, -0.15) is 0 Å². The molecule has 0 bridgehead atoms. The van der Waals surface area contributed by atoms with Crippen molar-refractivity contribution in [2.45, 2.75) is 120 Å². The van der Waals surface area contributed by atoms with E-state index in [1.165, 1.54) is 38.5 Å².